The third-order valence-corrected chi connectivity index (χ3v) is 6.56. The zero-order valence-electron chi connectivity index (χ0n) is 17.0. The van der Waals surface area contributed by atoms with Gasteiger partial charge in [0.2, 0.25) is 5.91 Å². The summed E-state index contributed by atoms with van der Waals surface area (Å²) in [5.41, 5.74) is 2.68. The van der Waals surface area contributed by atoms with Crippen molar-refractivity contribution in [1.82, 2.24) is 15.2 Å². The molecule has 2 N–H and O–H groups in total. The number of rotatable bonds is 5. The number of hydrogen-bond acceptors (Lipinski definition) is 2. The number of aromatic nitrogens is 1. The highest BCUT2D eigenvalue weighted by Crippen LogP contribution is 2.27. The topological polar surface area (TPSA) is 65.2 Å². The first-order chi connectivity index (χ1) is 14.5. The van der Waals surface area contributed by atoms with Gasteiger partial charge in [-0.2, -0.15) is 0 Å². The number of likely N-dealkylation sites (tertiary alicyclic amines) is 1. The first kappa shape index (κ1) is 20.7. The Kier molecular flexibility index (Phi) is 6.23. The van der Waals surface area contributed by atoms with Crippen molar-refractivity contribution in [2.45, 2.75) is 26.3 Å². The molecule has 156 valence electrons. The largest absolute Gasteiger partial charge is 0.352 e. The maximum atomic E-state index is 12.9. The van der Waals surface area contributed by atoms with Gasteiger partial charge in [-0.25, -0.2) is 0 Å². The summed E-state index contributed by atoms with van der Waals surface area (Å²) in [6.45, 7) is 3.89. The molecule has 1 aliphatic rings. The fraction of sp³-hybridized carbons (Fsp3) is 0.333. The second kappa shape index (κ2) is 9.04. The van der Waals surface area contributed by atoms with Gasteiger partial charge in [0, 0.05) is 40.9 Å². The van der Waals surface area contributed by atoms with Crippen molar-refractivity contribution in [2.75, 3.05) is 13.1 Å². The standard InChI is InChI=1S/C24H26BrN3O2/c1-16(23(29)26-15-17-5-4-7-20(25)13-17)18-9-11-28(12-10-18)24(30)22-14-19-6-2-3-8-21(19)27-22/h2-8,13-14,16,18,27H,9-12,15H2,1H3,(H,26,29)/t16-/m1/s1. The van der Waals surface area contributed by atoms with Crippen LogP contribution in [0.4, 0.5) is 0 Å². The van der Waals surface area contributed by atoms with Gasteiger partial charge in [-0.3, -0.25) is 9.59 Å². The molecule has 2 heterocycles. The van der Waals surface area contributed by atoms with E-state index < -0.39 is 0 Å². The number of carbonyl (C=O) groups excluding carboxylic acids is 2. The van der Waals surface area contributed by atoms with Crippen LogP contribution < -0.4 is 5.32 Å². The normalized spacial score (nSPS) is 15.9. The van der Waals surface area contributed by atoms with Gasteiger partial charge in [0.05, 0.1) is 0 Å². The van der Waals surface area contributed by atoms with E-state index in [9.17, 15) is 9.59 Å². The number of halogens is 1. The minimum atomic E-state index is -0.0671. The lowest BCUT2D eigenvalue weighted by atomic mass is 9.84. The molecule has 2 amide bonds. The van der Waals surface area contributed by atoms with Gasteiger partial charge in [0.15, 0.2) is 0 Å². The van der Waals surface area contributed by atoms with Crippen molar-refractivity contribution in [3.8, 4) is 0 Å². The van der Waals surface area contributed by atoms with Gasteiger partial charge >= 0.3 is 0 Å². The molecule has 2 aromatic carbocycles. The van der Waals surface area contributed by atoms with Crippen molar-refractivity contribution < 1.29 is 9.59 Å². The van der Waals surface area contributed by atoms with Crippen LogP contribution in [0.5, 0.6) is 0 Å². The Labute approximate surface area is 185 Å². The number of fused-ring (bicyclic) bond motifs is 1. The number of nitrogens with one attached hydrogen (secondary N) is 2. The maximum Gasteiger partial charge on any atom is 0.270 e. The Bertz CT molecular complexity index is 1020. The molecule has 30 heavy (non-hydrogen) atoms. The van der Waals surface area contributed by atoms with Crippen LogP contribution in [-0.4, -0.2) is 34.8 Å². The average molecular weight is 468 g/mol. The molecule has 1 saturated heterocycles. The fourth-order valence-electron chi connectivity index (χ4n) is 4.17. The zero-order chi connectivity index (χ0) is 21.1. The lowest BCUT2D eigenvalue weighted by molar-refractivity contribution is -0.126. The molecule has 6 heteroatoms. The summed E-state index contributed by atoms with van der Waals surface area (Å²) in [5.74, 6) is 0.341. The number of carbonyl (C=O) groups is 2. The molecular weight excluding hydrogens is 442 g/mol. The summed E-state index contributed by atoms with van der Waals surface area (Å²) in [5, 5.41) is 4.10. The summed E-state index contributed by atoms with van der Waals surface area (Å²) in [6.07, 6.45) is 1.69. The minimum absolute atomic E-state index is 0.0383. The smallest absolute Gasteiger partial charge is 0.270 e. The van der Waals surface area contributed by atoms with Crippen LogP contribution in [0.15, 0.2) is 59.1 Å². The highest BCUT2D eigenvalue weighted by Gasteiger charge is 2.30. The van der Waals surface area contributed by atoms with E-state index in [2.05, 4.69) is 26.2 Å². The van der Waals surface area contributed by atoms with Crippen LogP contribution in [0.2, 0.25) is 0 Å². The van der Waals surface area contributed by atoms with Crippen molar-refractivity contribution in [3.05, 3.63) is 70.3 Å². The average Bonchev–Trinajstić information content (AvgIpc) is 3.21. The number of aromatic amines is 1. The van der Waals surface area contributed by atoms with Gasteiger partial charge < -0.3 is 15.2 Å². The van der Waals surface area contributed by atoms with Gasteiger partial charge in [0.1, 0.15) is 5.69 Å². The van der Waals surface area contributed by atoms with Crippen molar-refractivity contribution >= 4 is 38.6 Å². The number of nitrogens with zero attached hydrogens (tertiary/aromatic N) is 1. The lowest BCUT2D eigenvalue weighted by Gasteiger charge is -2.34. The molecule has 1 fully saturated rings. The molecule has 1 aromatic heterocycles. The van der Waals surface area contributed by atoms with Crippen LogP contribution in [0.3, 0.4) is 0 Å². The van der Waals surface area contributed by atoms with E-state index in [1.807, 2.05) is 66.4 Å². The van der Waals surface area contributed by atoms with Crippen molar-refractivity contribution in [2.24, 2.45) is 11.8 Å². The molecule has 1 atom stereocenters. The molecule has 5 nitrogen and oxygen atoms in total. The third kappa shape index (κ3) is 4.59. The van der Waals surface area contributed by atoms with Crippen molar-refractivity contribution in [1.29, 1.82) is 0 Å². The molecule has 0 aliphatic carbocycles. The Morgan fingerprint density at radius 1 is 1.13 bits per heavy atom. The molecule has 3 aromatic rings. The number of H-pyrrole nitrogens is 1. The number of hydrogen-bond donors (Lipinski definition) is 2. The SMILES string of the molecule is C[C@@H](C(=O)NCc1cccc(Br)c1)C1CCN(C(=O)c2cc3ccccc3[nH]2)CC1. The highest BCUT2D eigenvalue weighted by molar-refractivity contribution is 9.10. The van der Waals surface area contributed by atoms with E-state index in [1.165, 1.54) is 0 Å². The van der Waals surface area contributed by atoms with Gasteiger partial charge in [0.25, 0.3) is 5.91 Å². The quantitative estimate of drug-likeness (QED) is 0.569. The van der Waals surface area contributed by atoms with Gasteiger partial charge in [-0.15, -0.1) is 0 Å². The summed E-state index contributed by atoms with van der Waals surface area (Å²) < 4.78 is 1.01. The zero-order valence-corrected chi connectivity index (χ0v) is 18.6. The number of para-hydroxylation sites is 1. The molecule has 1 aliphatic heterocycles. The van der Waals surface area contributed by atoms with Crippen LogP contribution in [0, 0.1) is 11.8 Å². The lowest BCUT2D eigenvalue weighted by Crippen LogP contribution is -2.42. The second-order valence-electron chi connectivity index (χ2n) is 8.04. The molecule has 4 rings (SSSR count). The van der Waals surface area contributed by atoms with E-state index in [4.69, 9.17) is 0 Å². The maximum absolute atomic E-state index is 12.9. The monoisotopic (exact) mass is 467 g/mol. The molecule has 0 unspecified atom stereocenters. The Morgan fingerprint density at radius 3 is 2.63 bits per heavy atom. The minimum Gasteiger partial charge on any atom is -0.352 e. The number of amides is 2. The van der Waals surface area contributed by atoms with Crippen LogP contribution in [-0.2, 0) is 11.3 Å². The van der Waals surface area contributed by atoms with Crippen molar-refractivity contribution in [3.63, 3.8) is 0 Å². The van der Waals surface area contributed by atoms with E-state index in [0.717, 1.165) is 33.8 Å². The summed E-state index contributed by atoms with van der Waals surface area (Å²) in [4.78, 5) is 30.6. The molecule has 0 radical (unpaired) electrons. The predicted molar refractivity (Wildman–Crippen MR) is 122 cm³/mol. The number of benzene rings is 2. The van der Waals surface area contributed by atoms with E-state index >= 15 is 0 Å². The van der Waals surface area contributed by atoms with E-state index in [0.29, 0.717) is 31.2 Å². The second-order valence-corrected chi connectivity index (χ2v) is 8.95. The van der Waals surface area contributed by atoms with E-state index in [-0.39, 0.29) is 17.7 Å². The Morgan fingerprint density at radius 2 is 1.90 bits per heavy atom. The highest BCUT2D eigenvalue weighted by atomic mass is 79.9. The van der Waals surface area contributed by atoms with Crippen LogP contribution in [0.25, 0.3) is 10.9 Å². The first-order valence-electron chi connectivity index (χ1n) is 10.4. The predicted octanol–water partition coefficient (Wildman–Crippen LogP) is 4.74. The fourth-order valence-corrected chi connectivity index (χ4v) is 4.62. The summed E-state index contributed by atoms with van der Waals surface area (Å²) in [6, 6.07) is 17.8. The first-order valence-corrected chi connectivity index (χ1v) is 11.2. The Balaban J connectivity index is 1.29. The van der Waals surface area contributed by atoms with Crippen LogP contribution in [0.1, 0.15) is 35.8 Å². The van der Waals surface area contributed by atoms with Gasteiger partial charge in [-0.05, 0) is 48.6 Å². The van der Waals surface area contributed by atoms with Crippen LogP contribution >= 0.6 is 15.9 Å². The molecule has 0 saturated carbocycles. The summed E-state index contributed by atoms with van der Waals surface area (Å²) >= 11 is 3.46. The van der Waals surface area contributed by atoms with E-state index in [1.54, 1.807) is 0 Å². The molecule has 0 bridgehead atoms. The summed E-state index contributed by atoms with van der Waals surface area (Å²) in [7, 11) is 0. The molecule has 0 spiro atoms. The van der Waals surface area contributed by atoms with Gasteiger partial charge in [-0.1, -0.05) is 53.2 Å². The third-order valence-electron chi connectivity index (χ3n) is 6.06. The number of piperidine rings is 1. The molecular formula is C24H26BrN3O2. The Hall–Kier alpha value is -2.60.